The Morgan fingerprint density at radius 2 is 0.746 bits per heavy atom. The lowest BCUT2D eigenvalue weighted by atomic mass is 9.90. The Labute approximate surface area is 395 Å². The maximum Gasteiger partial charge on any atom is 0.130 e. The van der Waals surface area contributed by atoms with Gasteiger partial charge >= 0.3 is 0 Å². The average Bonchev–Trinajstić information content (AvgIpc) is 4.16. The van der Waals surface area contributed by atoms with E-state index in [0.29, 0.717) is 0 Å². The standard InChI is InChI=1S/C64H56O2Si/c1-63(2,3)59-33-31-57(65-59)55-37-53-47(51-35-39-19-9-11-21-41(39)43-23-13-15-25-45(43)51)27-17-29-49(53)61(55)67(7,8)62-50-30-18-28-48(54(50)38-56(62)58-32-34-60(66-58)64(4,5)6)52-36-40-20-10-12-22-42(40)44-24-14-16-26-46(44)52/h9-38,61-62H,1-8H3. The summed E-state index contributed by atoms with van der Waals surface area (Å²) < 4.78 is 14.0. The van der Waals surface area contributed by atoms with Crippen LogP contribution in [-0.4, -0.2) is 8.07 Å². The number of furan rings is 2. The SMILES string of the molecule is CC(C)(C)c1ccc(C2=Cc3c(-c4cc5ccccc5c5ccccc45)cccc3C2[Si](C)(C)C2C(c3ccc(C(C)(C)C)o3)=Cc3c(-c4cc5ccccc5c5ccccc45)cccc32)o1. The van der Waals surface area contributed by atoms with Crippen molar-refractivity contribution in [2.24, 2.45) is 0 Å². The summed E-state index contributed by atoms with van der Waals surface area (Å²) >= 11 is 0. The molecule has 2 aliphatic carbocycles. The fourth-order valence-corrected chi connectivity index (χ4v) is 16.3. The second-order valence-corrected chi connectivity index (χ2v) is 26.5. The fraction of sp³-hybridized carbons (Fsp3) is 0.188. The molecule has 3 heteroatoms. The van der Waals surface area contributed by atoms with E-state index in [0.717, 1.165) is 23.0 Å². The van der Waals surface area contributed by atoms with Crippen LogP contribution in [0.5, 0.6) is 0 Å². The highest BCUT2D eigenvalue weighted by Crippen LogP contribution is 2.59. The van der Waals surface area contributed by atoms with E-state index in [1.54, 1.807) is 0 Å². The summed E-state index contributed by atoms with van der Waals surface area (Å²) in [6.07, 6.45) is 5.00. The molecule has 0 N–H and O–H groups in total. The van der Waals surface area contributed by atoms with Crippen molar-refractivity contribution in [3.8, 4) is 22.3 Å². The maximum absolute atomic E-state index is 7.02. The smallest absolute Gasteiger partial charge is 0.130 e. The molecule has 0 fully saturated rings. The van der Waals surface area contributed by atoms with Gasteiger partial charge in [0.25, 0.3) is 0 Å². The van der Waals surface area contributed by atoms with E-state index in [1.165, 1.54) is 98.7 Å². The number of allylic oxidation sites excluding steroid dienone is 2. The number of hydrogen-bond acceptors (Lipinski definition) is 2. The lowest BCUT2D eigenvalue weighted by Gasteiger charge is -2.39. The first-order valence-corrected chi connectivity index (χ1v) is 27.1. The van der Waals surface area contributed by atoms with Gasteiger partial charge in [0, 0.05) is 33.1 Å². The minimum Gasteiger partial charge on any atom is -0.461 e. The summed E-state index contributed by atoms with van der Waals surface area (Å²) in [5.41, 5.74) is 12.9. The summed E-state index contributed by atoms with van der Waals surface area (Å²) in [6, 6.07) is 63.3. The van der Waals surface area contributed by atoms with Crippen LogP contribution in [0.1, 0.15) is 97.9 Å². The van der Waals surface area contributed by atoms with Crippen LogP contribution in [0.2, 0.25) is 13.1 Å². The number of rotatable bonds is 6. The van der Waals surface area contributed by atoms with E-state index in [4.69, 9.17) is 8.83 Å². The molecule has 12 rings (SSSR count). The Balaban J connectivity index is 1.10. The lowest BCUT2D eigenvalue weighted by molar-refractivity contribution is 0.403. The van der Waals surface area contributed by atoms with Crippen molar-refractivity contribution >= 4 is 74.5 Å². The summed E-state index contributed by atoms with van der Waals surface area (Å²) in [6.45, 7) is 18.7. The first-order chi connectivity index (χ1) is 32.3. The van der Waals surface area contributed by atoms with E-state index in [2.05, 4.69) is 237 Å². The predicted octanol–water partition coefficient (Wildman–Crippen LogP) is 18.2. The highest BCUT2D eigenvalue weighted by Gasteiger charge is 2.51. The van der Waals surface area contributed by atoms with Crippen molar-refractivity contribution in [1.82, 2.24) is 0 Å². The van der Waals surface area contributed by atoms with Crippen LogP contribution in [0.4, 0.5) is 0 Å². The number of fused-ring (bicyclic) bond motifs is 8. The Hall–Kier alpha value is -6.94. The zero-order valence-electron chi connectivity index (χ0n) is 39.8. The van der Waals surface area contributed by atoms with Gasteiger partial charge in [0.2, 0.25) is 0 Å². The molecule has 2 aromatic heterocycles. The van der Waals surface area contributed by atoms with Crippen LogP contribution >= 0.6 is 0 Å². The van der Waals surface area contributed by atoms with Crippen molar-refractivity contribution in [1.29, 1.82) is 0 Å². The zero-order chi connectivity index (χ0) is 46.0. The summed E-state index contributed by atoms with van der Waals surface area (Å²) in [4.78, 5) is 0. The van der Waals surface area contributed by atoms with Gasteiger partial charge in [0.1, 0.15) is 23.0 Å². The predicted molar refractivity (Wildman–Crippen MR) is 287 cm³/mol. The third-order valence-electron chi connectivity index (χ3n) is 15.0. The van der Waals surface area contributed by atoms with Gasteiger partial charge in [-0.3, -0.25) is 0 Å². The third-order valence-corrected chi connectivity index (χ3v) is 19.2. The van der Waals surface area contributed by atoms with Gasteiger partial charge in [-0.05, 0) is 136 Å². The largest absolute Gasteiger partial charge is 0.461 e. The third kappa shape index (κ3) is 6.57. The van der Waals surface area contributed by atoms with Gasteiger partial charge in [0.05, 0.1) is 8.07 Å². The molecule has 2 aliphatic rings. The van der Waals surface area contributed by atoms with E-state index in [-0.39, 0.29) is 21.9 Å². The molecule has 0 radical (unpaired) electrons. The summed E-state index contributed by atoms with van der Waals surface area (Å²) in [5, 5.41) is 10.2. The van der Waals surface area contributed by atoms with Crippen molar-refractivity contribution in [2.75, 3.05) is 0 Å². The number of hydrogen-bond donors (Lipinski definition) is 0. The molecule has 2 unspecified atom stereocenters. The average molecular weight is 885 g/mol. The molecule has 0 bridgehead atoms. The topological polar surface area (TPSA) is 26.3 Å². The van der Waals surface area contributed by atoms with E-state index >= 15 is 0 Å². The molecule has 0 saturated carbocycles. The van der Waals surface area contributed by atoms with Crippen LogP contribution in [0.3, 0.4) is 0 Å². The van der Waals surface area contributed by atoms with Gasteiger partial charge in [0.15, 0.2) is 0 Å². The molecule has 0 aliphatic heterocycles. The van der Waals surface area contributed by atoms with Crippen molar-refractivity contribution in [3.05, 3.63) is 215 Å². The highest BCUT2D eigenvalue weighted by molar-refractivity contribution is 6.84. The van der Waals surface area contributed by atoms with E-state index in [9.17, 15) is 0 Å². The molecule has 2 atom stereocenters. The van der Waals surface area contributed by atoms with E-state index < -0.39 is 8.07 Å². The second kappa shape index (κ2) is 15.0. The second-order valence-electron chi connectivity index (χ2n) is 21.7. The lowest BCUT2D eigenvalue weighted by Crippen LogP contribution is -2.42. The van der Waals surface area contributed by atoms with Crippen molar-refractivity contribution < 1.29 is 8.83 Å². The minimum atomic E-state index is -2.60. The normalized spacial score (nSPS) is 16.2. The van der Waals surface area contributed by atoms with Crippen LogP contribution < -0.4 is 0 Å². The number of benzene rings is 8. The van der Waals surface area contributed by atoms with Crippen molar-refractivity contribution in [3.63, 3.8) is 0 Å². The first-order valence-electron chi connectivity index (χ1n) is 24.0. The van der Waals surface area contributed by atoms with Gasteiger partial charge < -0.3 is 8.83 Å². The molecule has 2 nitrogen and oxygen atoms in total. The van der Waals surface area contributed by atoms with Gasteiger partial charge in [-0.1, -0.05) is 188 Å². The molecule has 67 heavy (non-hydrogen) atoms. The fourth-order valence-electron chi connectivity index (χ4n) is 11.8. The van der Waals surface area contributed by atoms with Crippen LogP contribution in [-0.2, 0) is 10.8 Å². The summed E-state index contributed by atoms with van der Waals surface area (Å²) in [7, 11) is -2.60. The maximum atomic E-state index is 7.02. The minimum absolute atomic E-state index is 0.106. The highest BCUT2D eigenvalue weighted by atomic mass is 28.3. The molecule has 0 saturated heterocycles. The van der Waals surface area contributed by atoms with Crippen LogP contribution in [0, 0.1) is 0 Å². The molecule has 8 aromatic carbocycles. The summed E-state index contributed by atoms with van der Waals surface area (Å²) in [5.74, 6) is 3.94. The Kier molecular flexibility index (Phi) is 9.31. The Morgan fingerprint density at radius 3 is 1.13 bits per heavy atom. The molecular weight excluding hydrogens is 829 g/mol. The quantitative estimate of drug-likeness (QED) is 0.123. The Bertz CT molecular complexity index is 3460. The molecule has 10 aromatic rings. The van der Waals surface area contributed by atoms with Crippen molar-refractivity contribution in [2.45, 2.75) is 76.5 Å². The van der Waals surface area contributed by atoms with Gasteiger partial charge in [-0.2, -0.15) is 0 Å². The first kappa shape index (κ1) is 41.5. The van der Waals surface area contributed by atoms with E-state index in [1.807, 2.05) is 0 Å². The molecule has 0 amide bonds. The van der Waals surface area contributed by atoms with Crippen LogP contribution in [0.25, 0.3) is 88.6 Å². The molecule has 0 spiro atoms. The zero-order valence-corrected chi connectivity index (χ0v) is 40.8. The monoisotopic (exact) mass is 884 g/mol. The molecular formula is C64H56O2Si. The molecule has 328 valence electrons. The molecule has 2 heterocycles. The van der Waals surface area contributed by atoms with Gasteiger partial charge in [-0.25, -0.2) is 0 Å². The van der Waals surface area contributed by atoms with Crippen LogP contribution in [0.15, 0.2) is 179 Å². The van der Waals surface area contributed by atoms with Gasteiger partial charge in [-0.15, -0.1) is 0 Å². The Morgan fingerprint density at radius 1 is 0.373 bits per heavy atom.